The van der Waals surface area contributed by atoms with E-state index in [1.807, 2.05) is 0 Å². The van der Waals surface area contributed by atoms with Gasteiger partial charge in [-0.15, -0.1) is 0 Å². The molecular weight excluding hydrogens is 158 g/mol. The Labute approximate surface area is 82.5 Å². The van der Waals surface area contributed by atoms with Crippen molar-refractivity contribution in [2.24, 2.45) is 11.8 Å². The zero-order chi connectivity index (χ0) is 9.26. The third-order valence-electron chi connectivity index (χ3n) is 4.21. The highest BCUT2D eigenvalue weighted by Crippen LogP contribution is 2.38. The van der Waals surface area contributed by atoms with Crippen LogP contribution in [-0.2, 0) is 0 Å². The maximum absolute atomic E-state index is 2.76. The van der Waals surface area contributed by atoms with Gasteiger partial charge >= 0.3 is 0 Å². The monoisotopic (exact) mass is 181 g/mol. The van der Waals surface area contributed by atoms with Crippen molar-refractivity contribution < 1.29 is 0 Å². The first-order valence-corrected chi connectivity index (χ1v) is 6.09. The van der Waals surface area contributed by atoms with Crippen LogP contribution >= 0.6 is 0 Å². The maximum atomic E-state index is 2.76. The molecule has 1 heterocycles. The van der Waals surface area contributed by atoms with Gasteiger partial charge in [-0.1, -0.05) is 20.3 Å². The summed E-state index contributed by atoms with van der Waals surface area (Å²) in [6.07, 6.45) is 7.22. The van der Waals surface area contributed by atoms with Crippen molar-refractivity contribution in [3.8, 4) is 0 Å². The van der Waals surface area contributed by atoms with Crippen LogP contribution in [0.4, 0.5) is 0 Å². The Morgan fingerprint density at radius 1 is 1.08 bits per heavy atom. The summed E-state index contributed by atoms with van der Waals surface area (Å²) in [7, 11) is 0. The number of nitrogens with zero attached hydrogens (tertiary/aromatic N) is 1. The van der Waals surface area contributed by atoms with Gasteiger partial charge in [-0.3, -0.25) is 4.90 Å². The van der Waals surface area contributed by atoms with Gasteiger partial charge in [-0.25, -0.2) is 0 Å². The number of hydrogen-bond acceptors (Lipinski definition) is 1. The highest BCUT2D eigenvalue weighted by atomic mass is 15.2. The highest BCUT2D eigenvalue weighted by molar-refractivity contribution is 4.90. The summed E-state index contributed by atoms with van der Waals surface area (Å²) in [4.78, 5) is 2.76. The first kappa shape index (κ1) is 9.51. The third kappa shape index (κ3) is 1.76. The van der Waals surface area contributed by atoms with Crippen LogP contribution in [0.25, 0.3) is 0 Å². The van der Waals surface area contributed by atoms with E-state index < -0.39 is 0 Å². The van der Waals surface area contributed by atoms with Gasteiger partial charge in [0, 0.05) is 19.1 Å². The molecule has 0 aromatic heterocycles. The van der Waals surface area contributed by atoms with Crippen LogP contribution in [0.2, 0.25) is 0 Å². The van der Waals surface area contributed by atoms with Crippen LogP contribution < -0.4 is 0 Å². The van der Waals surface area contributed by atoms with E-state index in [4.69, 9.17) is 0 Å². The SMILES string of the molecule is CCC(CC)N1CC2CCCC2C1. The molecule has 0 amide bonds. The van der Waals surface area contributed by atoms with Gasteiger partial charge in [0.15, 0.2) is 0 Å². The molecule has 0 aromatic rings. The fourth-order valence-corrected chi connectivity index (χ4v) is 3.37. The Hall–Kier alpha value is -0.0400. The fourth-order valence-electron chi connectivity index (χ4n) is 3.37. The standard InChI is InChI=1S/C12H23N/c1-3-12(4-2)13-8-10-6-5-7-11(10)9-13/h10-12H,3-9H2,1-2H3. The summed E-state index contributed by atoms with van der Waals surface area (Å²) in [6.45, 7) is 7.50. The van der Waals surface area contributed by atoms with Crippen molar-refractivity contribution in [2.75, 3.05) is 13.1 Å². The first-order valence-electron chi connectivity index (χ1n) is 6.09. The van der Waals surface area contributed by atoms with Gasteiger partial charge in [0.25, 0.3) is 0 Å². The number of rotatable bonds is 3. The largest absolute Gasteiger partial charge is 0.300 e. The molecule has 0 bridgehead atoms. The number of fused-ring (bicyclic) bond motifs is 1. The van der Waals surface area contributed by atoms with Crippen molar-refractivity contribution in [1.82, 2.24) is 4.90 Å². The Morgan fingerprint density at radius 2 is 1.62 bits per heavy atom. The molecule has 13 heavy (non-hydrogen) atoms. The molecule has 1 heteroatoms. The molecule has 0 aromatic carbocycles. The lowest BCUT2D eigenvalue weighted by molar-refractivity contribution is 0.213. The van der Waals surface area contributed by atoms with E-state index >= 15 is 0 Å². The summed E-state index contributed by atoms with van der Waals surface area (Å²) < 4.78 is 0. The van der Waals surface area contributed by atoms with Gasteiger partial charge in [0.1, 0.15) is 0 Å². The van der Waals surface area contributed by atoms with Crippen LogP contribution in [0.5, 0.6) is 0 Å². The molecule has 2 unspecified atom stereocenters. The lowest BCUT2D eigenvalue weighted by Crippen LogP contribution is -2.32. The molecule has 1 nitrogen and oxygen atoms in total. The highest BCUT2D eigenvalue weighted by Gasteiger charge is 2.37. The van der Waals surface area contributed by atoms with E-state index in [-0.39, 0.29) is 0 Å². The van der Waals surface area contributed by atoms with Gasteiger partial charge in [-0.05, 0) is 37.5 Å². The predicted molar refractivity (Wildman–Crippen MR) is 56.8 cm³/mol. The summed E-state index contributed by atoms with van der Waals surface area (Å²) in [6, 6.07) is 0.880. The Morgan fingerprint density at radius 3 is 2.08 bits per heavy atom. The van der Waals surface area contributed by atoms with E-state index in [0.29, 0.717) is 0 Å². The molecular formula is C12H23N. The zero-order valence-electron chi connectivity index (χ0n) is 9.13. The van der Waals surface area contributed by atoms with Crippen molar-refractivity contribution >= 4 is 0 Å². The molecule has 0 spiro atoms. The molecule has 2 atom stereocenters. The summed E-state index contributed by atoms with van der Waals surface area (Å²) in [5.74, 6) is 2.14. The Balaban J connectivity index is 1.90. The average Bonchev–Trinajstić information content (AvgIpc) is 2.65. The van der Waals surface area contributed by atoms with Crippen LogP contribution in [0.1, 0.15) is 46.0 Å². The normalized spacial score (nSPS) is 34.4. The zero-order valence-corrected chi connectivity index (χ0v) is 9.13. The van der Waals surface area contributed by atoms with E-state index in [1.165, 1.54) is 45.2 Å². The van der Waals surface area contributed by atoms with Crippen LogP contribution in [0.3, 0.4) is 0 Å². The van der Waals surface area contributed by atoms with Crippen LogP contribution in [0, 0.1) is 11.8 Å². The fraction of sp³-hybridized carbons (Fsp3) is 1.00. The molecule has 1 saturated carbocycles. The van der Waals surface area contributed by atoms with Gasteiger partial charge < -0.3 is 0 Å². The van der Waals surface area contributed by atoms with Crippen molar-refractivity contribution in [3.05, 3.63) is 0 Å². The topological polar surface area (TPSA) is 3.24 Å². The molecule has 2 rings (SSSR count). The quantitative estimate of drug-likeness (QED) is 0.647. The number of likely N-dealkylation sites (tertiary alicyclic amines) is 1. The first-order chi connectivity index (χ1) is 6.35. The minimum absolute atomic E-state index is 0.880. The van der Waals surface area contributed by atoms with E-state index in [1.54, 1.807) is 0 Å². The molecule has 0 N–H and O–H groups in total. The molecule has 1 aliphatic heterocycles. The van der Waals surface area contributed by atoms with E-state index in [2.05, 4.69) is 18.7 Å². The molecule has 2 fully saturated rings. The smallest absolute Gasteiger partial charge is 0.00902 e. The summed E-state index contributed by atoms with van der Waals surface area (Å²) >= 11 is 0. The van der Waals surface area contributed by atoms with Crippen LogP contribution in [0.15, 0.2) is 0 Å². The van der Waals surface area contributed by atoms with Gasteiger partial charge in [-0.2, -0.15) is 0 Å². The summed E-state index contributed by atoms with van der Waals surface area (Å²) in [5, 5.41) is 0. The second kappa shape index (κ2) is 4.00. The third-order valence-corrected chi connectivity index (χ3v) is 4.21. The Kier molecular flexibility index (Phi) is 2.92. The minimum Gasteiger partial charge on any atom is -0.300 e. The second-order valence-corrected chi connectivity index (χ2v) is 4.88. The predicted octanol–water partition coefficient (Wildman–Crippen LogP) is 2.91. The average molecular weight is 181 g/mol. The van der Waals surface area contributed by atoms with Crippen molar-refractivity contribution in [3.63, 3.8) is 0 Å². The van der Waals surface area contributed by atoms with E-state index in [0.717, 1.165) is 17.9 Å². The molecule has 0 radical (unpaired) electrons. The van der Waals surface area contributed by atoms with Crippen molar-refractivity contribution in [2.45, 2.75) is 52.0 Å². The molecule has 2 aliphatic rings. The van der Waals surface area contributed by atoms with Crippen molar-refractivity contribution in [1.29, 1.82) is 0 Å². The Bertz CT molecular complexity index is 151. The second-order valence-electron chi connectivity index (χ2n) is 4.88. The van der Waals surface area contributed by atoms with E-state index in [9.17, 15) is 0 Å². The maximum Gasteiger partial charge on any atom is 0.00902 e. The molecule has 76 valence electrons. The van der Waals surface area contributed by atoms with Gasteiger partial charge in [0.05, 0.1) is 0 Å². The summed E-state index contributed by atoms with van der Waals surface area (Å²) in [5.41, 5.74) is 0. The molecule has 1 saturated heterocycles. The molecule has 1 aliphatic carbocycles. The number of hydrogen-bond donors (Lipinski definition) is 0. The van der Waals surface area contributed by atoms with Gasteiger partial charge in [0.2, 0.25) is 0 Å². The lowest BCUT2D eigenvalue weighted by Gasteiger charge is -2.26. The minimum atomic E-state index is 0.880. The lowest BCUT2D eigenvalue weighted by atomic mass is 10.0. The van der Waals surface area contributed by atoms with Crippen LogP contribution in [-0.4, -0.2) is 24.0 Å².